The fourth-order valence-electron chi connectivity index (χ4n) is 4.94. The van der Waals surface area contributed by atoms with Gasteiger partial charge in [-0.25, -0.2) is 0 Å². The third kappa shape index (κ3) is 7.07. The molecule has 1 amide bonds. The van der Waals surface area contributed by atoms with Crippen molar-refractivity contribution >= 4 is 23.1 Å². The molecule has 1 aliphatic rings. The van der Waals surface area contributed by atoms with Gasteiger partial charge in [0.2, 0.25) is 5.91 Å². The largest absolute Gasteiger partial charge is 0.367 e. The number of anilines is 2. The summed E-state index contributed by atoms with van der Waals surface area (Å²) in [6.45, 7) is 10.3. The van der Waals surface area contributed by atoms with Gasteiger partial charge < -0.3 is 10.2 Å². The maximum absolute atomic E-state index is 12.6. The highest BCUT2D eigenvalue weighted by atomic mass is 16.1. The predicted molar refractivity (Wildman–Crippen MR) is 153 cm³/mol. The van der Waals surface area contributed by atoms with E-state index in [1.165, 1.54) is 22.3 Å². The number of piperazine rings is 1. The van der Waals surface area contributed by atoms with Crippen LogP contribution >= 0.6 is 0 Å². The normalized spacial score (nSPS) is 14.0. The van der Waals surface area contributed by atoms with Gasteiger partial charge in [-0.05, 0) is 55.2 Å². The van der Waals surface area contributed by atoms with Crippen LogP contribution in [0, 0.1) is 6.92 Å². The lowest BCUT2D eigenvalue weighted by molar-refractivity contribution is -0.116. The number of unbranched alkanes of at least 4 members (excludes halogenated alkanes) is 2. The highest BCUT2D eigenvalue weighted by Gasteiger charge is 2.21. The van der Waals surface area contributed by atoms with E-state index in [0.29, 0.717) is 12.0 Å². The highest BCUT2D eigenvalue weighted by Crippen LogP contribution is 2.30. The molecular formula is C32H39N3O2. The Morgan fingerprint density at radius 1 is 0.892 bits per heavy atom. The molecule has 37 heavy (non-hydrogen) atoms. The summed E-state index contributed by atoms with van der Waals surface area (Å²) in [5.74, 6) is 0.0202. The minimum Gasteiger partial charge on any atom is -0.367 e. The van der Waals surface area contributed by atoms with Gasteiger partial charge in [0.05, 0.1) is 11.4 Å². The Balaban J connectivity index is 1.44. The van der Waals surface area contributed by atoms with E-state index in [1.807, 2.05) is 18.2 Å². The first-order chi connectivity index (χ1) is 17.9. The molecule has 1 aliphatic heterocycles. The Kier molecular flexibility index (Phi) is 9.13. The number of benzene rings is 3. The van der Waals surface area contributed by atoms with E-state index in [4.69, 9.17) is 0 Å². The van der Waals surface area contributed by atoms with Crippen LogP contribution in [0.5, 0.6) is 0 Å². The first-order valence-electron chi connectivity index (χ1n) is 13.5. The van der Waals surface area contributed by atoms with Crippen LogP contribution in [0.25, 0.3) is 11.1 Å². The van der Waals surface area contributed by atoms with Crippen LogP contribution < -0.4 is 10.2 Å². The second kappa shape index (κ2) is 12.7. The van der Waals surface area contributed by atoms with Crippen LogP contribution in [-0.4, -0.2) is 42.8 Å². The molecule has 3 aromatic rings. The van der Waals surface area contributed by atoms with Crippen molar-refractivity contribution in [2.24, 2.45) is 0 Å². The molecule has 3 aromatic carbocycles. The number of nitrogens with one attached hydrogen (secondary N) is 1. The van der Waals surface area contributed by atoms with Crippen LogP contribution in [-0.2, 0) is 11.3 Å². The Morgan fingerprint density at radius 3 is 2.32 bits per heavy atom. The number of nitrogens with zero attached hydrogens (tertiary/aromatic N) is 2. The maximum Gasteiger partial charge on any atom is 0.224 e. The summed E-state index contributed by atoms with van der Waals surface area (Å²) < 4.78 is 0. The number of Topliss-reactive ketones (excluding diaryl/α,β-unsaturated/α-hetero) is 1. The van der Waals surface area contributed by atoms with Crippen LogP contribution in [0.1, 0.15) is 61.0 Å². The molecule has 5 nitrogen and oxygen atoms in total. The molecule has 0 radical (unpaired) electrons. The Labute approximate surface area is 221 Å². The van der Waals surface area contributed by atoms with Crippen LogP contribution in [0.2, 0.25) is 0 Å². The van der Waals surface area contributed by atoms with E-state index in [9.17, 15) is 9.59 Å². The maximum atomic E-state index is 12.6. The summed E-state index contributed by atoms with van der Waals surface area (Å²) in [4.78, 5) is 29.4. The minimum absolute atomic E-state index is 0.00472. The molecule has 1 fully saturated rings. The first-order valence-corrected chi connectivity index (χ1v) is 13.5. The summed E-state index contributed by atoms with van der Waals surface area (Å²) >= 11 is 0. The van der Waals surface area contributed by atoms with Gasteiger partial charge in [-0.1, -0.05) is 73.9 Å². The zero-order valence-electron chi connectivity index (χ0n) is 22.4. The number of aryl methyl sites for hydroxylation is 1. The standard InChI is InChI=1S/C32H39N3O2/c1-4-5-6-11-32(37)33-30-22-27(25(3)36)16-17-31(30)35-20-18-34(19-21-35)23-28-9-7-8-10-29(28)26-14-12-24(2)13-15-26/h7-10,12-17,22H,4-6,11,18-21,23H2,1-3H3,(H,33,37). The summed E-state index contributed by atoms with van der Waals surface area (Å²) in [6, 6.07) is 23.1. The van der Waals surface area contributed by atoms with Gasteiger partial charge in [0.25, 0.3) is 0 Å². The van der Waals surface area contributed by atoms with Crippen molar-refractivity contribution in [3.63, 3.8) is 0 Å². The van der Waals surface area contributed by atoms with Crippen molar-refractivity contribution in [1.29, 1.82) is 0 Å². The van der Waals surface area contributed by atoms with Gasteiger partial charge in [0.15, 0.2) is 5.78 Å². The molecule has 1 saturated heterocycles. The molecule has 4 rings (SSSR count). The topological polar surface area (TPSA) is 52.7 Å². The molecule has 194 valence electrons. The van der Waals surface area contributed by atoms with Gasteiger partial charge in [-0.3, -0.25) is 14.5 Å². The fraction of sp³-hybridized carbons (Fsp3) is 0.375. The average Bonchev–Trinajstić information content (AvgIpc) is 2.90. The number of carbonyl (C=O) groups is 2. The van der Waals surface area contributed by atoms with E-state index in [2.05, 4.69) is 77.5 Å². The minimum atomic E-state index is 0.00472. The van der Waals surface area contributed by atoms with Crippen molar-refractivity contribution in [3.8, 4) is 11.1 Å². The lowest BCUT2D eigenvalue weighted by atomic mass is 9.98. The zero-order chi connectivity index (χ0) is 26.2. The third-order valence-corrected chi connectivity index (χ3v) is 7.17. The Morgan fingerprint density at radius 2 is 1.62 bits per heavy atom. The SMILES string of the molecule is CCCCCC(=O)Nc1cc(C(C)=O)ccc1N1CCN(Cc2ccccc2-c2ccc(C)cc2)CC1. The van der Waals surface area contributed by atoms with E-state index in [-0.39, 0.29) is 11.7 Å². The van der Waals surface area contributed by atoms with Gasteiger partial charge >= 0.3 is 0 Å². The smallest absolute Gasteiger partial charge is 0.224 e. The van der Waals surface area contributed by atoms with Crippen molar-refractivity contribution in [1.82, 2.24) is 4.90 Å². The molecule has 0 saturated carbocycles. The van der Waals surface area contributed by atoms with Gasteiger partial charge in [0.1, 0.15) is 0 Å². The molecule has 5 heteroatoms. The van der Waals surface area contributed by atoms with Gasteiger partial charge in [-0.2, -0.15) is 0 Å². The number of rotatable bonds is 10. The number of ketones is 1. The van der Waals surface area contributed by atoms with Crippen molar-refractivity contribution in [2.75, 3.05) is 36.4 Å². The number of carbonyl (C=O) groups excluding carboxylic acids is 2. The van der Waals surface area contributed by atoms with Crippen molar-refractivity contribution < 1.29 is 9.59 Å². The molecule has 0 aromatic heterocycles. The lowest BCUT2D eigenvalue weighted by Crippen LogP contribution is -2.46. The zero-order valence-corrected chi connectivity index (χ0v) is 22.4. The van der Waals surface area contributed by atoms with Crippen molar-refractivity contribution in [3.05, 3.63) is 83.4 Å². The molecular weight excluding hydrogens is 458 g/mol. The Bertz CT molecular complexity index is 1210. The number of hydrogen-bond donors (Lipinski definition) is 1. The summed E-state index contributed by atoms with van der Waals surface area (Å²) in [7, 11) is 0. The molecule has 0 aliphatic carbocycles. The van der Waals surface area contributed by atoms with E-state index in [1.54, 1.807) is 6.92 Å². The summed E-state index contributed by atoms with van der Waals surface area (Å²) in [5.41, 5.74) is 7.51. The quantitative estimate of drug-likeness (QED) is 0.250. The molecule has 1 heterocycles. The number of hydrogen-bond acceptors (Lipinski definition) is 4. The van der Waals surface area contributed by atoms with E-state index >= 15 is 0 Å². The molecule has 0 unspecified atom stereocenters. The molecule has 0 bridgehead atoms. The molecule has 0 spiro atoms. The number of amides is 1. The molecule has 1 N–H and O–H groups in total. The average molecular weight is 498 g/mol. The summed E-state index contributed by atoms with van der Waals surface area (Å²) in [5, 5.41) is 3.10. The fourth-order valence-corrected chi connectivity index (χ4v) is 4.94. The Hall–Kier alpha value is -3.44. The van der Waals surface area contributed by atoms with Crippen LogP contribution in [0.4, 0.5) is 11.4 Å². The second-order valence-corrected chi connectivity index (χ2v) is 10.1. The highest BCUT2D eigenvalue weighted by molar-refractivity contribution is 5.99. The predicted octanol–water partition coefficient (Wildman–Crippen LogP) is 6.71. The van der Waals surface area contributed by atoms with E-state index < -0.39 is 0 Å². The third-order valence-electron chi connectivity index (χ3n) is 7.17. The first kappa shape index (κ1) is 26.6. The van der Waals surface area contributed by atoms with Gasteiger partial charge in [-0.15, -0.1) is 0 Å². The monoisotopic (exact) mass is 497 g/mol. The molecule has 0 atom stereocenters. The van der Waals surface area contributed by atoms with Crippen LogP contribution in [0.15, 0.2) is 66.7 Å². The van der Waals surface area contributed by atoms with E-state index in [0.717, 1.165) is 63.4 Å². The second-order valence-electron chi connectivity index (χ2n) is 10.1. The van der Waals surface area contributed by atoms with Crippen molar-refractivity contribution in [2.45, 2.75) is 53.0 Å². The lowest BCUT2D eigenvalue weighted by Gasteiger charge is -2.37. The van der Waals surface area contributed by atoms with Crippen LogP contribution in [0.3, 0.4) is 0 Å². The van der Waals surface area contributed by atoms with Gasteiger partial charge in [0, 0.05) is 44.7 Å². The summed E-state index contributed by atoms with van der Waals surface area (Å²) in [6.07, 6.45) is 3.51.